The second kappa shape index (κ2) is 7.35. The summed E-state index contributed by atoms with van der Waals surface area (Å²) in [5.41, 5.74) is 8.90. The van der Waals surface area contributed by atoms with Crippen LogP contribution in [0.5, 0.6) is 0 Å². The molecule has 3 rings (SSSR count). The van der Waals surface area contributed by atoms with Crippen molar-refractivity contribution in [3.63, 3.8) is 0 Å². The Kier molecular flexibility index (Phi) is 5.15. The quantitative estimate of drug-likeness (QED) is 0.314. The lowest BCUT2D eigenvalue weighted by atomic mass is 9.99. The topological polar surface area (TPSA) is 99.8 Å². The maximum Gasteiger partial charge on any atom is 0.325 e. The Morgan fingerprint density at radius 1 is 1.35 bits per heavy atom. The molecule has 1 aromatic carbocycles. The summed E-state index contributed by atoms with van der Waals surface area (Å²) in [6.45, 7) is 4.43. The minimum absolute atomic E-state index is 0.168. The average Bonchev–Trinajstić information content (AvgIpc) is 3.16. The number of carbonyl (C=O) groups is 2. The van der Waals surface area contributed by atoms with Crippen molar-refractivity contribution >= 4 is 23.6 Å². The van der Waals surface area contributed by atoms with Crippen LogP contribution in [0.1, 0.15) is 44.2 Å². The first-order chi connectivity index (χ1) is 12.4. The normalized spacial score (nSPS) is 22.5. The highest BCUT2D eigenvalue weighted by Crippen LogP contribution is 2.24. The third-order valence-corrected chi connectivity index (χ3v) is 5.25. The van der Waals surface area contributed by atoms with Gasteiger partial charge in [-0.1, -0.05) is 13.0 Å². The summed E-state index contributed by atoms with van der Waals surface area (Å²) in [6, 6.07) is 5.96. The summed E-state index contributed by atoms with van der Waals surface area (Å²) in [4.78, 5) is 29.8. The highest BCUT2D eigenvalue weighted by Gasteiger charge is 2.45. The lowest BCUT2D eigenvalue weighted by Crippen LogP contribution is -2.43. The standard InChI is InChI=1S/C19H27N5O2/c1-3-19(2)16(25)24(18(26)23-19)11-5-10-21-17(20)22-15-9-8-13-6-4-7-14(13)12-15/h8-9,12H,3-7,10-11H2,1-2H3,(H,23,26)(H3,20,21,22). The molecule has 7 nitrogen and oxygen atoms in total. The van der Waals surface area contributed by atoms with Crippen LogP contribution in [0.3, 0.4) is 0 Å². The van der Waals surface area contributed by atoms with E-state index in [1.807, 2.05) is 13.0 Å². The smallest absolute Gasteiger partial charge is 0.325 e. The summed E-state index contributed by atoms with van der Waals surface area (Å²) < 4.78 is 0. The molecule has 1 unspecified atom stereocenters. The van der Waals surface area contributed by atoms with Crippen LogP contribution in [0.2, 0.25) is 0 Å². The van der Waals surface area contributed by atoms with Gasteiger partial charge in [-0.05, 0) is 62.3 Å². The van der Waals surface area contributed by atoms with Gasteiger partial charge < -0.3 is 16.4 Å². The number of rotatable bonds is 6. The van der Waals surface area contributed by atoms with E-state index in [9.17, 15) is 9.59 Å². The molecule has 1 aliphatic heterocycles. The van der Waals surface area contributed by atoms with Crippen molar-refractivity contribution in [2.75, 3.05) is 18.4 Å². The molecule has 0 saturated carbocycles. The van der Waals surface area contributed by atoms with Crippen LogP contribution in [-0.2, 0) is 17.6 Å². The van der Waals surface area contributed by atoms with Gasteiger partial charge in [0.15, 0.2) is 5.96 Å². The molecule has 1 aromatic rings. The highest BCUT2D eigenvalue weighted by atomic mass is 16.2. The molecule has 140 valence electrons. The molecule has 0 spiro atoms. The molecule has 26 heavy (non-hydrogen) atoms. The van der Waals surface area contributed by atoms with E-state index in [1.54, 1.807) is 6.92 Å². The van der Waals surface area contributed by atoms with Crippen LogP contribution >= 0.6 is 0 Å². The predicted molar refractivity (Wildman–Crippen MR) is 102 cm³/mol. The van der Waals surface area contributed by atoms with Crippen molar-refractivity contribution in [1.82, 2.24) is 10.2 Å². The van der Waals surface area contributed by atoms with E-state index < -0.39 is 5.54 Å². The molecule has 0 bridgehead atoms. The first-order valence-electron chi connectivity index (χ1n) is 9.26. The SMILES string of the molecule is CCC1(C)NC(=O)N(CCCN=C(N)Nc2ccc3c(c2)CCC3)C1=O. The number of nitrogens with two attached hydrogens (primary N) is 1. The molecule has 1 saturated heterocycles. The maximum atomic E-state index is 12.3. The number of imide groups is 1. The van der Waals surface area contributed by atoms with Crippen LogP contribution in [-0.4, -0.2) is 41.4 Å². The monoisotopic (exact) mass is 357 g/mol. The van der Waals surface area contributed by atoms with Gasteiger partial charge in [0, 0.05) is 18.8 Å². The summed E-state index contributed by atoms with van der Waals surface area (Å²) in [5.74, 6) is 0.178. The Morgan fingerprint density at radius 3 is 2.85 bits per heavy atom. The van der Waals surface area contributed by atoms with Gasteiger partial charge in [0.1, 0.15) is 5.54 Å². The first-order valence-corrected chi connectivity index (χ1v) is 9.26. The fourth-order valence-corrected chi connectivity index (χ4v) is 3.46. The number of aryl methyl sites for hydroxylation is 2. The van der Waals surface area contributed by atoms with Crippen molar-refractivity contribution in [2.24, 2.45) is 10.7 Å². The Bertz CT molecular complexity index is 745. The Hall–Kier alpha value is -2.57. The third-order valence-electron chi connectivity index (χ3n) is 5.25. The van der Waals surface area contributed by atoms with Gasteiger partial charge in [0.2, 0.25) is 0 Å². The largest absolute Gasteiger partial charge is 0.370 e. The average molecular weight is 357 g/mol. The minimum atomic E-state index is -0.783. The van der Waals surface area contributed by atoms with Crippen molar-refractivity contribution in [3.8, 4) is 0 Å². The number of fused-ring (bicyclic) bond motifs is 1. The number of hydrogen-bond donors (Lipinski definition) is 3. The van der Waals surface area contributed by atoms with Crippen LogP contribution < -0.4 is 16.4 Å². The molecule has 7 heteroatoms. The number of hydrogen-bond acceptors (Lipinski definition) is 3. The van der Waals surface area contributed by atoms with Gasteiger partial charge >= 0.3 is 6.03 Å². The number of urea groups is 1. The molecule has 1 fully saturated rings. The number of anilines is 1. The van der Waals surface area contributed by atoms with Crippen molar-refractivity contribution in [1.29, 1.82) is 0 Å². The van der Waals surface area contributed by atoms with E-state index in [2.05, 4.69) is 27.8 Å². The first kappa shape index (κ1) is 18.2. The van der Waals surface area contributed by atoms with E-state index >= 15 is 0 Å². The van der Waals surface area contributed by atoms with E-state index in [1.165, 1.54) is 22.4 Å². The number of aliphatic imine (C=N–C) groups is 1. The summed E-state index contributed by atoms with van der Waals surface area (Å²) >= 11 is 0. The number of carbonyl (C=O) groups excluding carboxylic acids is 2. The zero-order valence-corrected chi connectivity index (χ0v) is 15.5. The van der Waals surface area contributed by atoms with Gasteiger partial charge in [-0.25, -0.2) is 4.79 Å². The van der Waals surface area contributed by atoms with Gasteiger partial charge in [0.05, 0.1) is 0 Å². The van der Waals surface area contributed by atoms with E-state index in [0.29, 0.717) is 31.9 Å². The molecule has 1 heterocycles. The zero-order valence-electron chi connectivity index (χ0n) is 15.5. The van der Waals surface area contributed by atoms with Crippen LogP contribution in [0, 0.1) is 0 Å². The fraction of sp³-hybridized carbons (Fsp3) is 0.526. The summed E-state index contributed by atoms with van der Waals surface area (Å²) in [5, 5.41) is 5.85. The number of amides is 3. The van der Waals surface area contributed by atoms with Gasteiger partial charge in [-0.15, -0.1) is 0 Å². The van der Waals surface area contributed by atoms with Crippen LogP contribution in [0.4, 0.5) is 10.5 Å². The second-order valence-corrected chi connectivity index (χ2v) is 7.16. The van der Waals surface area contributed by atoms with Crippen LogP contribution in [0.25, 0.3) is 0 Å². The summed E-state index contributed by atoms with van der Waals surface area (Å²) in [7, 11) is 0. The fourth-order valence-electron chi connectivity index (χ4n) is 3.46. The zero-order chi connectivity index (χ0) is 18.7. The summed E-state index contributed by atoms with van der Waals surface area (Å²) in [6.07, 6.45) is 4.63. The maximum absolute atomic E-state index is 12.3. The third kappa shape index (κ3) is 3.66. The molecule has 4 N–H and O–H groups in total. The number of benzene rings is 1. The second-order valence-electron chi connectivity index (χ2n) is 7.16. The highest BCUT2D eigenvalue weighted by molar-refractivity contribution is 6.06. The number of nitrogens with zero attached hydrogens (tertiary/aromatic N) is 2. The van der Waals surface area contributed by atoms with Crippen molar-refractivity contribution in [3.05, 3.63) is 29.3 Å². The van der Waals surface area contributed by atoms with E-state index in [-0.39, 0.29) is 11.9 Å². The molecular weight excluding hydrogens is 330 g/mol. The Balaban J connectivity index is 1.48. The van der Waals surface area contributed by atoms with E-state index in [4.69, 9.17) is 5.73 Å². The van der Waals surface area contributed by atoms with Crippen molar-refractivity contribution < 1.29 is 9.59 Å². The lowest BCUT2D eigenvalue weighted by molar-refractivity contribution is -0.130. The van der Waals surface area contributed by atoms with Gasteiger partial charge in [-0.2, -0.15) is 0 Å². The Morgan fingerprint density at radius 2 is 2.12 bits per heavy atom. The van der Waals surface area contributed by atoms with Gasteiger partial charge in [0.25, 0.3) is 5.91 Å². The molecular formula is C19H27N5O2. The minimum Gasteiger partial charge on any atom is -0.370 e. The number of nitrogens with one attached hydrogen (secondary N) is 2. The van der Waals surface area contributed by atoms with Crippen LogP contribution in [0.15, 0.2) is 23.2 Å². The molecule has 1 aliphatic carbocycles. The van der Waals surface area contributed by atoms with Gasteiger partial charge in [-0.3, -0.25) is 14.7 Å². The molecule has 2 aliphatic rings. The molecule has 0 radical (unpaired) electrons. The Labute approximate surface area is 154 Å². The van der Waals surface area contributed by atoms with E-state index in [0.717, 1.165) is 18.5 Å². The lowest BCUT2D eigenvalue weighted by Gasteiger charge is -2.19. The number of guanidine groups is 1. The molecule has 3 amide bonds. The molecule has 0 aromatic heterocycles. The predicted octanol–water partition coefficient (Wildman–Crippen LogP) is 2.01. The molecule has 1 atom stereocenters. The van der Waals surface area contributed by atoms with Crippen molar-refractivity contribution in [2.45, 2.75) is 51.5 Å².